The van der Waals surface area contributed by atoms with Gasteiger partial charge in [-0.25, -0.2) is 14.0 Å². The fourth-order valence-corrected chi connectivity index (χ4v) is 4.12. The summed E-state index contributed by atoms with van der Waals surface area (Å²) in [5.41, 5.74) is 1.64. The summed E-state index contributed by atoms with van der Waals surface area (Å²) < 4.78 is 14.6. The molecule has 9 heteroatoms. The van der Waals surface area contributed by atoms with Crippen LogP contribution in [0.1, 0.15) is 33.7 Å². The smallest absolute Gasteiger partial charge is 0.357 e. The number of piperidine rings is 1. The first-order chi connectivity index (χ1) is 15.3. The molecule has 8 nitrogen and oxygen atoms in total. The van der Waals surface area contributed by atoms with E-state index < -0.39 is 5.97 Å². The van der Waals surface area contributed by atoms with Crippen molar-refractivity contribution in [2.75, 3.05) is 25.0 Å². The van der Waals surface area contributed by atoms with Gasteiger partial charge in [0.25, 0.3) is 0 Å². The Morgan fingerprint density at radius 3 is 2.38 bits per heavy atom. The number of benzene rings is 2. The van der Waals surface area contributed by atoms with Crippen molar-refractivity contribution in [2.24, 2.45) is 13.0 Å². The second kappa shape index (κ2) is 8.41. The monoisotopic (exact) mass is 438 g/mol. The van der Waals surface area contributed by atoms with Gasteiger partial charge in [0.2, 0.25) is 0 Å². The van der Waals surface area contributed by atoms with Crippen LogP contribution in [0, 0.1) is 11.7 Å². The van der Waals surface area contributed by atoms with E-state index in [2.05, 4.69) is 5.10 Å². The number of nitrogens with zero attached hydrogens (tertiary/aromatic N) is 4. The van der Waals surface area contributed by atoms with Gasteiger partial charge >= 0.3 is 12.0 Å². The maximum absolute atomic E-state index is 13.1. The van der Waals surface area contributed by atoms with Crippen molar-refractivity contribution in [3.05, 3.63) is 59.5 Å². The summed E-state index contributed by atoms with van der Waals surface area (Å²) in [6, 6.07) is 10.5. The minimum absolute atomic E-state index is 0.0241. The third-order valence-electron chi connectivity index (χ3n) is 5.98. The lowest BCUT2D eigenvalue weighted by Crippen LogP contribution is -2.46. The highest BCUT2D eigenvalue weighted by molar-refractivity contribution is 6.05. The van der Waals surface area contributed by atoms with Crippen molar-refractivity contribution in [3.8, 4) is 0 Å². The first-order valence-electron chi connectivity index (χ1n) is 10.3. The lowest BCUT2D eigenvalue weighted by Gasteiger charge is -2.34. The van der Waals surface area contributed by atoms with E-state index in [1.807, 2.05) is 0 Å². The molecule has 2 aromatic carbocycles. The van der Waals surface area contributed by atoms with Gasteiger partial charge in [-0.3, -0.25) is 14.4 Å². The average Bonchev–Trinajstić information content (AvgIpc) is 3.14. The number of urea groups is 1. The number of carbonyl (C=O) groups excluding carboxylic acids is 2. The summed E-state index contributed by atoms with van der Waals surface area (Å²) in [6.45, 7) is 0.885. The van der Waals surface area contributed by atoms with Crippen LogP contribution < -0.4 is 4.90 Å². The van der Waals surface area contributed by atoms with Gasteiger partial charge in [0.1, 0.15) is 5.82 Å². The first kappa shape index (κ1) is 21.5. The SMILES string of the molecule is CN(C(=O)N1CCC(C(=O)c2ccc3c(C(=O)O)nn(C)c3c2)CC1)c1ccc(F)cc1. The second-order valence-electron chi connectivity index (χ2n) is 7.95. The molecule has 2 amide bonds. The molecular formula is C23H23FN4O4. The average molecular weight is 438 g/mol. The number of halogens is 1. The molecule has 166 valence electrons. The van der Waals surface area contributed by atoms with Crippen LogP contribution in [0.3, 0.4) is 0 Å². The first-order valence-corrected chi connectivity index (χ1v) is 10.3. The van der Waals surface area contributed by atoms with E-state index in [1.165, 1.54) is 21.7 Å². The third kappa shape index (κ3) is 3.93. The molecule has 1 fully saturated rings. The van der Waals surface area contributed by atoms with Gasteiger partial charge in [-0.15, -0.1) is 0 Å². The van der Waals surface area contributed by atoms with Crippen LogP contribution in [0.4, 0.5) is 14.9 Å². The molecule has 4 rings (SSSR count). The molecule has 0 radical (unpaired) electrons. The highest BCUT2D eigenvalue weighted by atomic mass is 19.1. The van der Waals surface area contributed by atoms with Gasteiger partial charge in [0.05, 0.1) is 5.52 Å². The van der Waals surface area contributed by atoms with E-state index in [4.69, 9.17) is 0 Å². The van der Waals surface area contributed by atoms with Crippen LogP contribution in [0.2, 0.25) is 0 Å². The number of carboxylic acids is 1. The summed E-state index contributed by atoms with van der Waals surface area (Å²) in [5.74, 6) is -1.72. The van der Waals surface area contributed by atoms with E-state index in [1.54, 1.807) is 49.3 Å². The minimum Gasteiger partial charge on any atom is -0.476 e. The molecule has 1 aliphatic heterocycles. The van der Waals surface area contributed by atoms with Gasteiger partial charge in [0, 0.05) is 49.7 Å². The number of anilines is 1. The molecule has 1 N–H and O–H groups in total. The largest absolute Gasteiger partial charge is 0.476 e. The lowest BCUT2D eigenvalue weighted by molar-refractivity contribution is 0.0691. The number of carbonyl (C=O) groups is 3. The Morgan fingerprint density at radius 2 is 1.75 bits per heavy atom. The molecule has 0 bridgehead atoms. The summed E-state index contributed by atoms with van der Waals surface area (Å²) in [5, 5.41) is 13.8. The number of carboxylic acid groups (broad SMARTS) is 1. The van der Waals surface area contributed by atoms with Crippen molar-refractivity contribution in [1.29, 1.82) is 0 Å². The molecule has 0 unspecified atom stereocenters. The summed E-state index contributed by atoms with van der Waals surface area (Å²) >= 11 is 0. The Bertz CT molecular complexity index is 1200. The van der Waals surface area contributed by atoms with E-state index in [9.17, 15) is 23.9 Å². The van der Waals surface area contributed by atoms with Gasteiger partial charge in [-0.2, -0.15) is 5.10 Å². The highest BCUT2D eigenvalue weighted by Crippen LogP contribution is 2.26. The number of likely N-dealkylation sites (tertiary alicyclic amines) is 1. The van der Waals surface area contributed by atoms with Crippen LogP contribution in [0.5, 0.6) is 0 Å². The Kier molecular flexibility index (Phi) is 5.65. The molecule has 0 spiro atoms. The number of Topliss-reactive ketones (excluding diaryl/α,β-unsaturated/α-hetero) is 1. The molecular weight excluding hydrogens is 415 g/mol. The number of fused-ring (bicyclic) bond motifs is 1. The maximum atomic E-state index is 13.1. The van der Waals surface area contributed by atoms with Crippen LogP contribution in [0.15, 0.2) is 42.5 Å². The van der Waals surface area contributed by atoms with Gasteiger partial charge in [0.15, 0.2) is 11.5 Å². The van der Waals surface area contributed by atoms with Gasteiger partial charge in [-0.1, -0.05) is 6.07 Å². The number of rotatable bonds is 4. The topological polar surface area (TPSA) is 95.7 Å². The number of hydrogen-bond acceptors (Lipinski definition) is 4. The molecule has 0 saturated carbocycles. The second-order valence-corrected chi connectivity index (χ2v) is 7.95. The molecule has 0 atom stereocenters. The highest BCUT2D eigenvalue weighted by Gasteiger charge is 2.30. The van der Waals surface area contributed by atoms with E-state index >= 15 is 0 Å². The standard InChI is InChI=1S/C23H23FN4O4/c1-26(17-6-4-16(24)5-7-17)23(32)28-11-9-14(10-12-28)21(29)15-3-8-18-19(13-15)27(2)25-20(18)22(30)31/h3-8,13-14H,9-12H2,1-2H3,(H,30,31). The Labute approximate surface area is 183 Å². The van der Waals surface area contributed by atoms with Gasteiger partial charge < -0.3 is 10.0 Å². The summed E-state index contributed by atoms with van der Waals surface area (Å²) in [4.78, 5) is 40.4. The van der Waals surface area contributed by atoms with Crippen LogP contribution in [-0.2, 0) is 7.05 Å². The molecule has 0 aliphatic carbocycles. The van der Waals surface area contributed by atoms with Crippen molar-refractivity contribution >= 4 is 34.4 Å². The fraction of sp³-hybridized carbons (Fsp3) is 0.304. The molecule has 2 heterocycles. The Balaban J connectivity index is 1.43. The van der Waals surface area contributed by atoms with Crippen LogP contribution >= 0.6 is 0 Å². The van der Waals surface area contributed by atoms with Crippen molar-refractivity contribution in [1.82, 2.24) is 14.7 Å². The predicted molar refractivity (Wildman–Crippen MR) is 116 cm³/mol. The summed E-state index contributed by atoms with van der Waals surface area (Å²) in [6.07, 6.45) is 1.07. The number of aromatic carboxylic acids is 1. The zero-order chi connectivity index (χ0) is 23.0. The van der Waals surface area contributed by atoms with Crippen molar-refractivity contribution < 1.29 is 23.9 Å². The predicted octanol–water partition coefficient (Wildman–Crippen LogP) is 3.56. The third-order valence-corrected chi connectivity index (χ3v) is 5.98. The van der Waals surface area contributed by atoms with Gasteiger partial charge in [-0.05, 0) is 49.2 Å². The Morgan fingerprint density at radius 1 is 1.09 bits per heavy atom. The zero-order valence-electron chi connectivity index (χ0n) is 17.8. The van der Waals surface area contributed by atoms with Crippen molar-refractivity contribution in [2.45, 2.75) is 12.8 Å². The van der Waals surface area contributed by atoms with Crippen LogP contribution in [-0.4, -0.2) is 57.7 Å². The maximum Gasteiger partial charge on any atom is 0.357 e. The number of hydrogen-bond donors (Lipinski definition) is 1. The van der Waals surface area contributed by atoms with E-state index in [-0.39, 0.29) is 29.2 Å². The lowest BCUT2D eigenvalue weighted by atomic mass is 9.88. The minimum atomic E-state index is -1.11. The number of aryl methyl sites for hydroxylation is 1. The van der Waals surface area contributed by atoms with Crippen LogP contribution in [0.25, 0.3) is 10.9 Å². The number of ketones is 1. The number of aromatic nitrogens is 2. The Hall–Kier alpha value is -3.75. The van der Waals surface area contributed by atoms with E-state index in [0.717, 1.165) is 0 Å². The molecule has 1 aromatic heterocycles. The normalized spacial score (nSPS) is 14.5. The molecule has 3 aromatic rings. The quantitative estimate of drug-likeness (QED) is 0.629. The molecule has 1 saturated heterocycles. The van der Waals surface area contributed by atoms with E-state index in [0.29, 0.717) is 48.1 Å². The number of amides is 2. The summed E-state index contributed by atoms with van der Waals surface area (Å²) in [7, 11) is 3.28. The molecule has 1 aliphatic rings. The fourth-order valence-electron chi connectivity index (χ4n) is 4.12. The molecule has 32 heavy (non-hydrogen) atoms. The van der Waals surface area contributed by atoms with Crippen molar-refractivity contribution in [3.63, 3.8) is 0 Å². The zero-order valence-corrected chi connectivity index (χ0v) is 17.8.